The summed E-state index contributed by atoms with van der Waals surface area (Å²) in [6.07, 6.45) is 2.75. The average Bonchev–Trinajstić information content (AvgIpc) is 2.84. The highest BCUT2D eigenvalue weighted by Gasteiger charge is 2.34. The third-order valence-corrected chi connectivity index (χ3v) is 5.15. The number of carbonyl (C=O) groups is 1. The predicted molar refractivity (Wildman–Crippen MR) is 95.0 cm³/mol. The summed E-state index contributed by atoms with van der Waals surface area (Å²) < 4.78 is 1.86. The lowest BCUT2D eigenvalue weighted by atomic mass is 9.71. The molecule has 0 aliphatic heterocycles. The molecule has 128 valence electrons. The van der Waals surface area contributed by atoms with Crippen LogP contribution in [0.3, 0.4) is 0 Å². The SMILES string of the molecule is Cc1cc(C)cc(-n2nc(C(=O)O)c3c2CCC(C(C)(C)C)C3)c1. The molecule has 0 saturated carbocycles. The van der Waals surface area contributed by atoms with Crippen LogP contribution in [0.25, 0.3) is 5.69 Å². The molecular weight excluding hydrogens is 300 g/mol. The molecule has 4 heteroatoms. The maximum absolute atomic E-state index is 11.7. The Bertz CT molecular complexity index is 776. The van der Waals surface area contributed by atoms with E-state index in [1.54, 1.807) is 0 Å². The number of aromatic carboxylic acids is 1. The van der Waals surface area contributed by atoms with Crippen LogP contribution < -0.4 is 0 Å². The van der Waals surface area contributed by atoms with Gasteiger partial charge in [0.15, 0.2) is 5.69 Å². The van der Waals surface area contributed by atoms with Gasteiger partial charge in [0.25, 0.3) is 0 Å². The van der Waals surface area contributed by atoms with Crippen LogP contribution in [0.5, 0.6) is 0 Å². The minimum Gasteiger partial charge on any atom is -0.476 e. The summed E-state index contributed by atoms with van der Waals surface area (Å²) in [7, 11) is 0. The van der Waals surface area contributed by atoms with Crippen LogP contribution in [0.4, 0.5) is 0 Å². The van der Waals surface area contributed by atoms with Crippen molar-refractivity contribution in [3.8, 4) is 5.69 Å². The maximum Gasteiger partial charge on any atom is 0.356 e. The molecule has 1 aliphatic carbocycles. The Labute approximate surface area is 143 Å². The molecular formula is C20H26N2O2. The second-order valence-corrected chi connectivity index (χ2v) is 8.14. The second kappa shape index (κ2) is 5.76. The first-order valence-corrected chi connectivity index (χ1v) is 8.59. The monoisotopic (exact) mass is 326 g/mol. The summed E-state index contributed by atoms with van der Waals surface area (Å²) in [5.74, 6) is -0.441. The summed E-state index contributed by atoms with van der Waals surface area (Å²) in [4.78, 5) is 11.7. The van der Waals surface area contributed by atoms with E-state index >= 15 is 0 Å². The van der Waals surface area contributed by atoms with E-state index in [1.807, 2.05) is 4.68 Å². The van der Waals surface area contributed by atoms with Crippen molar-refractivity contribution in [3.05, 3.63) is 46.3 Å². The number of aromatic nitrogens is 2. The van der Waals surface area contributed by atoms with E-state index in [0.29, 0.717) is 5.92 Å². The van der Waals surface area contributed by atoms with Gasteiger partial charge < -0.3 is 5.11 Å². The number of benzene rings is 1. The van der Waals surface area contributed by atoms with E-state index < -0.39 is 5.97 Å². The van der Waals surface area contributed by atoms with Crippen LogP contribution in [0.15, 0.2) is 18.2 Å². The molecule has 1 aromatic heterocycles. The van der Waals surface area contributed by atoms with E-state index in [-0.39, 0.29) is 11.1 Å². The fraction of sp³-hybridized carbons (Fsp3) is 0.500. The first-order chi connectivity index (χ1) is 11.2. The van der Waals surface area contributed by atoms with E-state index in [9.17, 15) is 9.90 Å². The van der Waals surface area contributed by atoms with Gasteiger partial charge in [-0.25, -0.2) is 9.48 Å². The molecule has 0 spiro atoms. The number of rotatable bonds is 2. The highest BCUT2D eigenvalue weighted by molar-refractivity contribution is 5.87. The Hall–Kier alpha value is -2.10. The normalized spacial score (nSPS) is 17.6. The van der Waals surface area contributed by atoms with Gasteiger partial charge in [-0.15, -0.1) is 0 Å². The molecule has 0 saturated heterocycles. The van der Waals surface area contributed by atoms with Crippen LogP contribution in [0.2, 0.25) is 0 Å². The summed E-state index contributed by atoms with van der Waals surface area (Å²) in [6.45, 7) is 10.8. The van der Waals surface area contributed by atoms with Gasteiger partial charge in [0.2, 0.25) is 0 Å². The minimum absolute atomic E-state index is 0.176. The number of fused-ring (bicyclic) bond motifs is 1. The fourth-order valence-electron chi connectivity index (χ4n) is 3.81. The Morgan fingerprint density at radius 2 is 1.83 bits per heavy atom. The van der Waals surface area contributed by atoms with Crippen molar-refractivity contribution in [2.45, 2.75) is 53.9 Å². The predicted octanol–water partition coefficient (Wildman–Crippen LogP) is 4.34. The van der Waals surface area contributed by atoms with Gasteiger partial charge in [0.05, 0.1) is 5.69 Å². The zero-order chi connectivity index (χ0) is 17.6. The van der Waals surface area contributed by atoms with Gasteiger partial charge in [-0.3, -0.25) is 0 Å². The van der Waals surface area contributed by atoms with Crippen molar-refractivity contribution >= 4 is 5.97 Å². The molecule has 1 N–H and O–H groups in total. The molecule has 0 radical (unpaired) electrons. The second-order valence-electron chi connectivity index (χ2n) is 8.14. The molecule has 0 amide bonds. The first kappa shape index (κ1) is 16.7. The number of aryl methyl sites for hydroxylation is 2. The van der Waals surface area contributed by atoms with Gasteiger partial charge in [0.1, 0.15) is 0 Å². The maximum atomic E-state index is 11.7. The Balaban J connectivity index is 2.13. The van der Waals surface area contributed by atoms with Crippen molar-refractivity contribution in [2.75, 3.05) is 0 Å². The van der Waals surface area contributed by atoms with E-state index in [4.69, 9.17) is 0 Å². The molecule has 2 aromatic rings. The van der Waals surface area contributed by atoms with Gasteiger partial charge in [-0.2, -0.15) is 5.10 Å². The Morgan fingerprint density at radius 3 is 2.38 bits per heavy atom. The largest absolute Gasteiger partial charge is 0.476 e. The van der Waals surface area contributed by atoms with Crippen molar-refractivity contribution in [3.63, 3.8) is 0 Å². The van der Waals surface area contributed by atoms with Crippen LogP contribution in [0, 0.1) is 25.2 Å². The highest BCUT2D eigenvalue weighted by Crippen LogP contribution is 2.39. The van der Waals surface area contributed by atoms with Gasteiger partial charge in [-0.05, 0) is 67.7 Å². The van der Waals surface area contributed by atoms with Crippen LogP contribution in [-0.4, -0.2) is 20.9 Å². The quantitative estimate of drug-likeness (QED) is 0.893. The van der Waals surface area contributed by atoms with Crippen molar-refractivity contribution in [1.82, 2.24) is 9.78 Å². The van der Waals surface area contributed by atoms with E-state index in [2.05, 4.69) is 57.9 Å². The Kier molecular flexibility index (Phi) is 4.02. The molecule has 1 unspecified atom stereocenters. The molecule has 0 fully saturated rings. The van der Waals surface area contributed by atoms with Crippen molar-refractivity contribution in [1.29, 1.82) is 0 Å². The van der Waals surface area contributed by atoms with E-state index in [0.717, 1.165) is 47.3 Å². The number of hydrogen-bond acceptors (Lipinski definition) is 2. The van der Waals surface area contributed by atoms with Gasteiger partial charge in [-0.1, -0.05) is 26.8 Å². The minimum atomic E-state index is -0.927. The van der Waals surface area contributed by atoms with Gasteiger partial charge in [0, 0.05) is 11.3 Å². The van der Waals surface area contributed by atoms with Gasteiger partial charge >= 0.3 is 5.97 Å². The summed E-state index contributed by atoms with van der Waals surface area (Å²) >= 11 is 0. The Morgan fingerprint density at radius 1 is 1.21 bits per heavy atom. The zero-order valence-corrected chi connectivity index (χ0v) is 15.2. The lowest BCUT2D eigenvalue weighted by Gasteiger charge is -2.34. The molecule has 1 aromatic carbocycles. The lowest BCUT2D eigenvalue weighted by Crippen LogP contribution is -2.27. The van der Waals surface area contributed by atoms with Crippen LogP contribution in [-0.2, 0) is 12.8 Å². The number of nitrogens with zero attached hydrogens (tertiary/aromatic N) is 2. The fourth-order valence-corrected chi connectivity index (χ4v) is 3.81. The highest BCUT2D eigenvalue weighted by atomic mass is 16.4. The first-order valence-electron chi connectivity index (χ1n) is 8.59. The molecule has 0 bridgehead atoms. The standard InChI is InChI=1S/C20H26N2O2/c1-12-8-13(2)10-15(9-12)22-17-7-6-14(20(3,4)5)11-16(17)18(21-22)19(23)24/h8-10,14H,6-7,11H2,1-5H3,(H,23,24). The zero-order valence-electron chi connectivity index (χ0n) is 15.2. The van der Waals surface area contributed by atoms with Crippen LogP contribution >= 0.6 is 0 Å². The molecule has 4 nitrogen and oxygen atoms in total. The summed E-state index contributed by atoms with van der Waals surface area (Å²) in [6, 6.07) is 6.26. The topological polar surface area (TPSA) is 55.1 Å². The van der Waals surface area contributed by atoms with E-state index in [1.165, 1.54) is 0 Å². The van der Waals surface area contributed by atoms with Crippen molar-refractivity contribution < 1.29 is 9.90 Å². The third-order valence-electron chi connectivity index (χ3n) is 5.15. The third kappa shape index (κ3) is 2.97. The number of carboxylic acid groups (broad SMARTS) is 1. The lowest BCUT2D eigenvalue weighted by molar-refractivity contribution is 0.0687. The molecule has 1 heterocycles. The molecule has 1 atom stereocenters. The molecule has 24 heavy (non-hydrogen) atoms. The molecule has 3 rings (SSSR count). The smallest absolute Gasteiger partial charge is 0.356 e. The summed E-state index contributed by atoms with van der Waals surface area (Å²) in [5.41, 5.74) is 5.67. The number of carboxylic acids is 1. The average molecular weight is 326 g/mol. The van der Waals surface area contributed by atoms with Crippen LogP contribution in [0.1, 0.15) is 60.1 Å². The summed E-state index contributed by atoms with van der Waals surface area (Å²) in [5, 5.41) is 14.1. The van der Waals surface area contributed by atoms with Crippen molar-refractivity contribution in [2.24, 2.45) is 11.3 Å². The number of hydrogen-bond donors (Lipinski definition) is 1. The molecule has 1 aliphatic rings.